The van der Waals surface area contributed by atoms with Crippen molar-refractivity contribution in [3.05, 3.63) is 0 Å². The van der Waals surface area contributed by atoms with E-state index in [2.05, 4.69) is 12.2 Å². The lowest BCUT2D eigenvalue weighted by molar-refractivity contribution is 0.0555. The van der Waals surface area contributed by atoms with E-state index in [1.807, 2.05) is 11.8 Å². The van der Waals surface area contributed by atoms with E-state index >= 15 is 0 Å². The van der Waals surface area contributed by atoms with E-state index in [0.29, 0.717) is 11.6 Å². The number of thioether (sulfide) groups is 1. The summed E-state index contributed by atoms with van der Waals surface area (Å²) in [5.41, 5.74) is 0.295. The molecule has 0 radical (unpaired) electrons. The molecule has 1 aliphatic carbocycles. The maximum absolute atomic E-state index is 5.46. The lowest BCUT2D eigenvalue weighted by atomic mass is 9.88. The molecule has 102 valence electrons. The van der Waals surface area contributed by atoms with Crippen molar-refractivity contribution < 1.29 is 4.74 Å². The van der Waals surface area contributed by atoms with Gasteiger partial charge in [0.15, 0.2) is 5.17 Å². The van der Waals surface area contributed by atoms with Crippen LogP contribution in [-0.2, 0) is 4.74 Å². The maximum Gasteiger partial charge on any atom is 0.157 e. The van der Waals surface area contributed by atoms with Crippen molar-refractivity contribution in [3.8, 4) is 0 Å². The summed E-state index contributed by atoms with van der Waals surface area (Å²) in [6, 6.07) is 0.575. The van der Waals surface area contributed by atoms with Crippen LogP contribution in [0.3, 0.4) is 0 Å². The number of hydrogen-bond acceptors (Lipinski definition) is 3. The molecule has 0 unspecified atom stereocenters. The maximum atomic E-state index is 5.46. The normalized spacial score (nSPS) is 37.9. The van der Waals surface area contributed by atoms with E-state index in [4.69, 9.17) is 9.73 Å². The van der Waals surface area contributed by atoms with Gasteiger partial charge in [-0.05, 0) is 44.4 Å². The molecule has 1 saturated carbocycles. The Labute approximate surface area is 114 Å². The Hall–Kier alpha value is -0.220. The Kier molecular flexibility index (Phi) is 3.85. The zero-order valence-electron chi connectivity index (χ0n) is 11.3. The van der Waals surface area contributed by atoms with Gasteiger partial charge in [0.25, 0.3) is 0 Å². The number of ether oxygens (including phenoxy) is 1. The Morgan fingerprint density at radius 1 is 1.22 bits per heavy atom. The molecule has 2 saturated heterocycles. The topological polar surface area (TPSA) is 33.6 Å². The number of amidine groups is 1. The molecule has 0 atom stereocenters. The SMILES string of the molecule is CC1CCC(N=C2NC3(CCOCC3)CS2)CC1. The molecule has 0 aromatic heterocycles. The first kappa shape index (κ1) is 12.8. The number of hydrogen-bond donors (Lipinski definition) is 1. The van der Waals surface area contributed by atoms with Gasteiger partial charge in [-0.2, -0.15) is 0 Å². The molecule has 0 aromatic rings. The molecular formula is C14H24N2OS. The Bertz CT molecular complexity index is 318. The fourth-order valence-corrected chi connectivity index (χ4v) is 4.43. The lowest BCUT2D eigenvalue weighted by Crippen LogP contribution is -2.48. The van der Waals surface area contributed by atoms with Crippen LogP contribution in [0.1, 0.15) is 45.4 Å². The van der Waals surface area contributed by atoms with Gasteiger partial charge in [0, 0.05) is 19.0 Å². The third kappa shape index (κ3) is 2.85. The molecule has 0 amide bonds. The molecule has 2 aliphatic heterocycles. The fourth-order valence-electron chi connectivity index (χ4n) is 3.14. The van der Waals surface area contributed by atoms with Crippen LogP contribution >= 0.6 is 11.8 Å². The summed E-state index contributed by atoms with van der Waals surface area (Å²) < 4.78 is 5.46. The minimum absolute atomic E-state index is 0.295. The highest BCUT2D eigenvalue weighted by atomic mass is 32.2. The number of nitrogens with one attached hydrogen (secondary N) is 1. The Balaban J connectivity index is 1.57. The van der Waals surface area contributed by atoms with Gasteiger partial charge in [-0.25, -0.2) is 0 Å². The van der Waals surface area contributed by atoms with Gasteiger partial charge in [0.2, 0.25) is 0 Å². The summed E-state index contributed by atoms with van der Waals surface area (Å²) in [6.07, 6.45) is 7.55. The van der Waals surface area contributed by atoms with Crippen LogP contribution in [0.5, 0.6) is 0 Å². The van der Waals surface area contributed by atoms with Crippen molar-refractivity contribution in [2.45, 2.75) is 57.0 Å². The highest BCUT2D eigenvalue weighted by Crippen LogP contribution is 2.33. The Morgan fingerprint density at radius 3 is 2.67 bits per heavy atom. The predicted octanol–water partition coefficient (Wildman–Crippen LogP) is 2.81. The van der Waals surface area contributed by atoms with Crippen molar-refractivity contribution in [1.82, 2.24) is 5.32 Å². The standard InChI is InChI=1S/C14H24N2OS/c1-11-2-4-12(5-3-11)15-13-16-14(10-18-13)6-8-17-9-7-14/h11-12H,2-10H2,1H3,(H,15,16). The van der Waals surface area contributed by atoms with Gasteiger partial charge < -0.3 is 10.1 Å². The molecule has 0 bridgehead atoms. The largest absolute Gasteiger partial charge is 0.381 e. The summed E-state index contributed by atoms with van der Waals surface area (Å²) in [5.74, 6) is 2.09. The first-order valence-corrected chi connectivity index (χ1v) is 8.31. The summed E-state index contributed by atoms with van der Waals surface area (Å²) in [6.45, 7) is 4.17. The van der Waals surface area contributed by atoms with Crippen molar-refractivity contribution in [3.63, 3.8) is 0 Å². The van der Waals surface area contributed by atoms with E-state index in [0.717, 1.165) is 32.0 Å². The zero-order valence-corrected chi connectivity index (χ0v) is 12.1. The summed E-state index contributed by atoms with van der Waals surface area (Å²) >= 11 is 1.93. The van der Waals surface area contributed by atoms with Gasteiger partial charge in [-0.15, -0.1) is 0 Å². The third-order valence-corrected chi connectivity index (χ3v) is 5.77. The molecule has 1 spiro atoms. The number of rotatable bonds is 1. The van der Waals surface area contributed by atoms with Crippen LogP contribution in [0.25, 0.3) is 0 Å². The molecular weight excluding hydrogens is 244 g/mol. The van der Waals surface area contributed by atoms with Crippen molar-refractivity contribution in [1.29, 1.82) is 0 Å². The second-order valence-electron chi connectivity index (χ2n) is 6.15. The first-order valence-electron chi connectivity index (χ1n) is 7.32. The summed E-state index contributed by atoms with van der Waals surface area (Å²) in [5, 5.41) is 4.90. The minimum Gasteiger partial charge on any atom is -0.381 e. The molecule has 3 aliphatic rings. The van der Waals surface area contributed by atoms with Gasteiger partial charge in [-0.1, -0.05) is 18.7 Å². The van der Waals surface area contributed by atoms with Crippen LogP contribution in [0, 0.1) is 5.92 Å². The molecule has 2 heterocycles. The van der Waals surface area contributed by atoms with Gasteiger partial charge in [-0.3, -0.25) is 4.99 Å². The number of nitrogens with zero attached hydrogens (tertiary/aromatic N) is 1. The zero-order chi connectivity index (χ0) is 12.4. The third-order valence-electron chi connectivity index (χ3n) is 4.59. The molecule has 3 rings (SSSR count). The van der Waals surface area contributed by atoms with Crippen LogP contribution in [-0.4, -0.2) is 35.7 Å². The van der Waals surface area contributed by atoms with E-state index in [1.54, 1.807) is 0 Å². The van der Waals surface area contributed by atoms with Crippen LogP contribution in [0.2, 0.25) is 0 Å². The molecule has 18 heavy (non-hydrogen) atoms. The monoisotopic (exact) mass is 268 g/mol. The predicted molar refractivity (Wildman–Crippen MR) is 77.2 cm³/mol. The van der Waals surface area contributed by atoms with Gasteiger partial charge in [0.1, 0.15) is 0 Å². The van der Waals surface area contributed by atoms with E-state index in [1.165, 1.54) is 36.6 Å². The highest BCUT2D eigenvalue weighted by molar-refractivity contribution is 8.14. The minimum atomic E-state index is 0.295. The first-order chi connectivity index (χ1) is 8.76. The molecule has 3 nitrogen and oxygen atoms in total. The molecule has 4 heteroatoms. The van der Waals surface area contributed by atoms with Crippen LogP contribution in [0.4, 0.5) is 0 Å². The molecule has 3 fully saturated rings. The van der Waals surface area contributed by atoms with Crippen molar-refractivity contribution in [2.75, 3.05) is 19.0 Å². The van der Waals surface area contributed by atoms with E-state index < -0.39 is 0 Å². The smallest absolute Gasteiger partial charge is 0.157 e. The van der Waals surface area contributed by atoms with Gasteiger partial charge >= 0.3 is 0 Å². The van der Waals surface area contributed by atoms with Gasteiger partial charge in [0.05, 0.1) is 11.6 Å². The molecule has 1 N–H and O–H groups in total. The fraction of sp³-hybridized carbons (Fsp3) is 0.929. The summed E-state index contributed by atoms with van der Waals surface area (Å²) in [4.78, 5) is 4.95. The lowest BCUT2D eigenvalue weighted by Gasteiger charge is -2.32. The van der Waals surface area contributed by atoms with E-state index in [-0.39, 0.29) is 0 Å². The van der Waals surface area contributed by atoms with Crippen LogP contribution < -0.4 is 5.32 Å². The quantitative estimate of drug-likeness (QED) is 0.794. The van der Waals surface area contributed by atoms with Crippen molar-refractivity contribution in [2.24, 2.45) is 10.9 Å². The van der Waals surface area contributed by atoms with Crippen molar-refractivity contribution >= 4 is 16.9 Å². The number of aliphatic imine (C=N–C) groups is 1. The second kappa shape index (κ2) is 5.41. The molecule has 0 aromatic carbocycles. The summed E-state index contributed by atoms with van der Waals surface area (Å²) in [7, 11) is 0. The average molecular weight is 268 g/mol. The average Bonchev–Trinajstić information content (AvgIpc) is 2.76. The Morgan fingerprint density at radius 2 is 1.94 bits per heavy atom. The second-order valence-corrected chi connectivity index (χ2v) is 7.12. The van der Waals surface area contributed by atoms with E-state index in [9.17, 15) is 0 Å². The van der Waals surface area contributed by atoms with Crippen LogP contribution in [0.15, 0.2) is 4.99 Å². The highest BCUT2D eigenvalue weighted by Gasteiger charge is 2.38.